The zero-order valence-corrected chi connectivity index (χ0v) is 14.9. The summed E-state index contributed by atoms with van der Waals surface area (Å²) < 4.78 is 6.10. The molecule has 0 saturated carbocycles. The Labute approximate surface area is 134 Å². The molecule has 0 amide bonds. The molecule has 1 heteroatoms. The normalized spacial score (nSPS) is 22.6. The molecule has 1 rings (SSSR count). The molecule has 21 heavy (non-hydrogen) atoms. The Bertz CT molecular complexity index is 214. The number of unbranched alkanes of at least 4 members (excludes halogenated alkanes) is 9. The van der Waals surface area contributed by atoms with Crippen LogP contribution in [-0.4, -0.2) is 12.7 Å². The SMILES string of the molecule is CCCCCCCC[C@@H]1OCCC[C@H]1CCCCCCC. The maximum absolute atomic E-state index is 6.10. The van der Waals surface area contributed by atoms with Crippen molar-refractivity contribution in [2.45, 2.75) is 116 Å². The summed E-state index contributed by atoms with van der Waals surface area (Å²) in [5, 5.41) is 0. The van der Waals surface area contributed by atoms with E-state index in [9.17, 15) is 0 Å². The zero-order valence-electron chi connectivity index (χ0n) is 14.9. The minimum atomic E-state index is 0.594. The second-order valence-corrected chi connectivity index (χ2v) is 7.07. The molecule has 0 aromatic heterocycles. The van der Waals surface area contributed by atoms with Crippen molar-refractivity contribution in [2.24, 2.45) is 5.92 Å². The van der Waals surface area contributed by atoms with E-state index >= 15 is 0 Å². The van der Waals surface area contributed by atoms with Crippen LogP contribution >= 0.6 is 0 Å². The monoisotopic (exact) mass is 296 g/mol. The summed E-state index contributed by atoms with van der Waals surface area (Å²) in [6, 6.07) is 0. The first kappa shape index (κ1) is 19.0. The van der Waals surface area contributed by atoms with Crippen LogP contribution in [0.3, 0.4) is 0 Å². The molecule has 1 aliphatic heterocycles. The summed E-state index contributed by atoms with van der Waals surface area (Å²) in [4.78, 5) is 0. The molecule has 0 spiro atoms. The highest BCUT2D eigenvalue weighted by Gasteiger charge is 2.24. The quantitative estimate of drug-likeness (QED) is 0.336. The largest absolute Gasteiger partial charge is 0.378 e. The predicted octanol–water partition coefficient (Wildman–Crippen LogP) is 6.89. The fourth-order valence-corrected chi connectivity index (χ4v) is 3.69. The Morgan fingerprint density at radius 2 is 1.29 bits per heavy atom. The first-order valence-corrected chi connectivity index (χ1v) is 10.00. The third-order valence-electron chi connectivity index (χ3n) is 5.10. The van der Waals surface area contributed by atoms with Gasteiger partial charge in [0.1, 0.15) is 0 Å². The van der Waals surface area contributed by atoms with Crippen molar-refractivity contribution < 1.29 is 4.74 Å². The number of rotatable bonds is 13. The molecule has 1 aliphatic rings. The Hall–Kier alpha value is -0.0400. The summed E-state index contributed by atoms with van der Waals surface area (Å²) in [7, 11) is 0. The molecule has 0 radical (unpaired) electrons. The Kier molecular flexibility index (Phi) is 12.3. The van der Waals surface area contributed by atoms with Gasteiger partial charge in [-0.1, -0.05) is 84.5 Å². The summed E-state index contributed by atoms with van der Waals surface area (Å²) in [6.45, 7) is 5.61. The van der Waals surface area contributed by atoms with Crippen molar-refractivity contribution in [1.29, 1.82) is 0 Å². The van der Waals surface area contributed by atoms with E-state index in [2.05, 4.69) is 13.8 Å². The second-order valence-electron chi connectivity index (χ2n) is 7.07. The van der Waals surface area contributed by atoms with Crippen molar-refractivity contribution in [3.8, 4) is 0 Å². The summed E-state index contributed by atoms with van der Waals surface area (Å²) in [5.74, 6) is 0.871. The molecule has 126 valence electrons. The van der Waals surface area contributed by atoms with Crippen LogP contribution in [0.2, 0.25) is 0 Å². The van der Waals surface area contributed by atoms with Gasteiger partial charge in [0.15, 0.2) is 0 Å². The Morgan fingerprint density at radius 3 is 1.95 bits per heavy atom. The van der Waals surface area contributed by atoms with Gasteiger partial charge < -0.3 is 4.74 Å². The number of hydrogen-bond donors (Lipinski definition) is 0. The van der Waals surface area contributed by atoms with Gasteiger partial charge in [-0.3, -0.25) is 0 Å². The van der Waals surface area contributed by atoms with Crippen LogP contribution in [0.1, 0.15) is 110 Å². The average molecular weight is 297 g/mol. The molecule has 0 unspecified atom stereocenters. The van der Waals surface area contributed by atoms with Gasteiger partial charge in [-0.25, -0.2) is 0 Å². The highest BCUT2D eigenvalue weighted by molar-refractivity contribution is 4.75. The van der Waals surface area contributed by atoms with Crippen LogP contribution in [0, 0.1) is 5.92 Å². The van der Waals surface area contributed by atoms with E-state index in [1.165, 1.54) is 96.3 Å². The van der Waals surface area contributed by atoms with E-state index in [1.54, 1.807) is 0 Å². The first-order chi connectivity index (χ1) is 10.4. The molecule has 0 N–H and O–H groups in total. The molecule has 0 aliphatic carbocycles. The molecule has 0 aromatic carbocycles. The standard InChI is InChI=1S/C20H40O/c1-3-5-7-9-11-13-17-20-19(16-14-18-21-20)15-12-10-8-6-4-2/h19-20H,3-18H2,1-2H3/t19-,20+/m1/s1. The van der Waals surface area contributed by atoms with Gasteiger partial charge in [-0.2, -0.15) is 0 Å². The molecular weight excluding hydrogens is 256 g/mol. The van der Waals surface area contributed by atoms with E-state index in [0.29, 0.717) is 6.10 Å². The van der Waals surface area contributed by atoms with Crippen molar-refractivity contribution >= 4 is 0 Å². The van der Waals surface area contributed by atoms with Crippen LogP contribution in [0.4, 0.5) is 0 Å². The molecular formula is C20H40O. The highest BCUT2D eigenvalue weighted by atomic mass is 16.5. The van der Waals surface area contributed by atoms with E-state index in [-0.39, 0.29) is 0 Å². The molecule has 1 heterocycles. The lowest BCUT2D eigenvalue weighted by atomic mass is 9.86. The van der Waals surface area contributed by atoms with Gasteiger partial charge in [0.2, 0.25) is 0 Å². The topological polar surface area (TPSA) is 9.23 Å². The third-order valence-corrected chi connectivity index (χ3v) is 5.10. The lowest BCUT2D eigenvalue weighted by Crippen LogP contribution is -2.29. The molecule has 1 fully saturated rings. The van der Waals surface area contributed by atoms with Crippen LogP contribution in [0.25, 0.3) is 0 Å². The third kappa shape index (κ3) is 9.55. The second kappa shape index (κ2) is 13.6. The van der Waals surface area contributed by atoms with E-state index in [1.807, 2.05) is 0 Å². The van der Waals surface area contributed by atoms with E-state index in [0.717, 1.165) is 12.5 Å². The van der Waals surface area contributed by atoms with E-state index in [4.69, 9.17) is 4.74 Å². The molecule has 1 saturated heterocycles. The fraction of sp³-hybridized carbons (Fsp3) is 1.00. The van der Waals surface area contributed by atoms with Gasteiger partial charge in [0.25, 0.3) is 0 Å². The van der Waals surface area contributed by atoms with Crippen molar-refractivity contribution in [2.75, 3.05) is 6.61 Å². The number of ether oxygens (including phenoxy) is 1. The van der Waals surface area contributed by atoms with Gasteiger partial charge in [-0.15, -0.1) is 0 Å². The lowest BCUT2D eigenvalue weighted by molar-refractivity contribution is -0.0352. The van der Waals surface area contributed by atoms with Gasteiger partial charge in [0.05, 0.1) is 6.10 Å². The van der Waals surface area contributed by atoms with E-state index < -0.39 is 0 Å². The highest BCUT2D eigenvalue weighted by Crippen LogP contribution is 2.29. The van der Waals surface area contributed by atoms with Gasteiger partial charge in [-0.05, 0) is 31.6 Å². The fourth-order valence-electron chi connectivity index (χ4n) is 3.69. The minimum Gasteiger partial charge on any atom is -0.378 e. The van der Waals surface area contributed by atoms with Crippen molar-refractivity contribution in [3.63, 3.8) is 0 Å². The summed E-state index contributed by atoms with van der Waals surface area (Å²) >= 11 is 0. The van der Waals surface area contributed by atoms with Gasteiger partial charge >= 0.3 is 0 Å². The predicted molar refractivity (Wildman–Crippen MR) is 93.8 cm³/mol. The molecule has 2 atom stereocenters. The van der Waals surface area contributed by atoms with Crippen LogP contribution in [0.15, 0.2) is 0 Å². The lowest BCUT2D eigenvalue weighted by Gasteiger charge is -2.32. The zero-order chi connectivity index (χ0) is 15.2. The van der Waals surface area contributed by atoms with Gasteiger partial charge in [0, 0.05) is 6.61 Å². The Balaban J connectivity index is 2.08. The molecule has 1 nitrogen and oxygen atoms in total. The number of hydrogen-bond acceptors (Lipinski definition) is 1. The molecule has 0 aromatic rings. The smallest absolute Gasteiger partial charge is 0.0603 e. The maximum atomic E-state index is 6.10. The van der Waals surface area contributed by atoms with Crippen LogP contribution in [-0.2, 0) is 4.74 Å². The van der Waals surface area contributed by atoms with Crippen molar-refractivity contribution in [3.05, 3.63) is 0 Å². The summed E-state index contributed by atoms with van der Waals surface area (Å²) in [6.07, 6.45) is 21.6. The van der Waals surface area contributed by atoms with Crippen molar-refractivity contribution in [1.82, 2.24) is 0 Å². The van der Waals surface area contributed by atoms with Crippen LogP contribution in [0.5, 0.6) is 0 Å². The molecule has 0 bridgehead atoms. The Morgan fingerprint density at radius 1 is 0.714 bits per heavy atom. The first-order valence-electron chi connectivity index (χ1n) is 10.00. The minimum absolute atomic E-state index is 0.594. The summed E-state index contributed by atoms with van der Waals surface area (Å²) in [5.41, 5.74) is 0. The van der Waals surface area contributed by atoms with Crippen LogP contribution < -0.4 is 0 Å². The maximum Gasteiger partial charge on any atom is 0.0603 e. The average Bonchev–Trinajstić information content (AvgIpc) is 2.52.